The molecule has 1 fully saturated rings. The minimum absolute atomic E-state index is 0.709. The molecule has 0 aliphatic heterocycles. The summed E-state index contributed by atoms with van der Waals surface area (Å²) >= 11 is 0. The quantitative estimate of drug-likeness (QED) is 0.629. The van der Waals surface area contributed by atoms with Gasteiger partial charge in [0.2, 0.25) is 0 Å². The number of nitrogens with zero attached hydrogens (tertiary/aromatic N) is 1. The second-order valence-corrected chi connectivity index (χ2v) is 5.13. The number of hydrogen-bond acceptors (Lipinski definition) is 1. The summed E-state index contributed by atoms with van der Waals surface area (Å²) in [5.74, 6) is 2.00. The molecule has 3 unspecified atom stereocenters. The SMILES string of the molecule is CCCCC1C(CC)C1N(C)C(C)C. The Labute approximate surface area is 89.9 Å². The Kier molecular flexibility index (Phi) is 4.43. The van der Waals surface area contributed by atoms with Crippen LogP contribution in [0.25, 0.3) is 0 Å². The highest BCUT2D eigenvalue weighted by atomic mass is 15.2. The third-order valence-corrected chi connectivity index (χ3v) is 3.93. The third-order valence-electron chi connectivity index (χ3n) is 3.93. The van der Waals surface area contributed by atoms with E-state index in [0.29, 0.717) is 6.04 Å². The van der Waals surface area contributed by atoms with Gasteiger partial charge in [-0.1, -0.05) is 33.1 Å². The summed E-state index contributed by atoms with van der Waals surface area (Å²) in [5.41, 5.74) is 0. The molecule has 0 aromatic rings. The summed E-state index contributed by atoms with van der Waals surface area (Å²) in [6.07, 6.45) is 5.60. The highest BCUT2D eigenvalue weighted by molar-refractivity contribution is 5.03. The molecule has 3 atom stereocenters. The topological polar surface area (TPSA) is 3.24 Å². The van der Waals surface area contributed by atoms with E-state index in [1.807, 2.05) is 0 Å². The summed E-state index contributed by atoms with van der Waals surface area (Å²) in [5, 5.41) is 0. The van der Waals surface area contributed by atoms with Crippen LogP contribution < -0.4 is 0 Å². The largest absolute Gasteiger partial charge is 0.300 e. The Bertz CT molecular complexity index is 165. The monoisotopic (exact) mass is 197 g/mol. The van der Waals surface area contributed by atoms with E-state index in [1.165, 1.54) is 25.7 Å². The van der Waals surface area contributed by atoms with Gasteiger partial charge in [-0.05, 0) is 39.2 Å². The molecule has 0 radical (unpaired) electrons. The molecule has 14 heavy (non-hydrogen) atoms. The van der Waals surface area contributed by atoms with E-state index in [0.717, 1.165) is 17.9 Å². The van der Waals surface area contributed by atoms with Crippen LogP contribution in [-0.4, -0.2) is 24.0 Å². The zero-order valence-electron chi connectivity index (χ0n) is 10.6. The molecule has 84 valence electrons. The zero-order valence-corrected chi connectivity index (χ0v) is 10.6. The maximum atomic E-state index is 2.58. The highest BCUT2D eigenvalue weighted by Gasteiger charge is 2.50. The minimum atomic E-state index is 0.709. The van der Waals surface area contributed by atoms with Crippen LogP contribution in [0.15, 0.2) is 0 Å². The fraction of sp³-hybridized carbons (Fsp3) is 1.00. The van der Waals surface area contributed by atoms with Crippen molar-refractivity contribution in [2.24, 2.45) is 11.8 Å². The Morgan fingerprint density at radius 3 is 2.21 bits per heavy atom. The number of rotatable bonds is 6. The van der Waals surface area contributed by atoms with Gasteiger partial charge in [0.05, 0.1) is 0 Å². The van der Waals surface area contributed by atoms with Gasteiger partial charge in [0.15, 0.2) is 0 Å². The Balaban J connectivity index is 2.38. The molecule has 0 aromatic heterocycles. The Morgan fingerprint density at radius 1 is 1.14 bits per heavy atom. The Hall–Kier alpha value is -0.0400. The number of hydrogen-bond donors (Lipinski definition) is 0. The van der Waals surface area contributed by atoms with Crippen LogP contribution in [0.3, 0.4) is 0 Å². The second-order valence-electron chi connectivity index (χ2n) is 5.13. The van der Waals surface area contributed by atoms with Crippen LogP contribution in [-0.2, 0) is 0 Å². The lowest BCUT2D eigenvalue weighted by atomic mass is 10.1. The maximum Gasteiger partial charge on any atom is 0.0158 e. The maximum absolute atomic E-state index is 2.58. The van der Waals surface area contributed by atoms with Crippen molar-refractivity contribution >= 4 is 0 Å². The molecular formula is C13H27N. The normalized spacial score (nSPS) is 31.5. The van der Waals surface area contributed by atoms with Crippen molar-refractivity contribution < 1.29 is 0 Å². The molecule has 0 N–H and O–H groups in total. The molecule has 1 saturated carbocycles. The van der Waals surface area contributed by atoms with Crippen molar-refractivity contribution in [3.63, 3.8) is 0 Å². The van der Waals surface area contributed by atoms with Gasteiger partial charge in [-0.25, -0.2) is 0 Å². The van der Waals surface area contributed by atoms with Crippen LogP contribution in [0.4, 0.5) is 0 Å². The molecule has 1 rings (SSSR count). The van der Waals surface area contributed by atoms with Crippen molar-refractivity contribution in [1.82, 2.24) is 4.90 Å². The molecule has 0 amide bonds. The van der Waals surface area contributed by atoms with Gasteiger partial charge in [0, 0.05) is 12.1 Å². The fourth-order valence-electron chi connectivity index (χ4n) is 2.74. The summed E-state index contributed by atoms with van der Waals surface area (Å²) in [6, 6.07) is 1.60. The first kappa shape index (κ1) is 12.0. The second kappa shape index (κ2) is 5.16. The van der Waals surface area contributed by atoms with E-state index in [1.54, 1.807) is 0 Å². The average Bonchev–Trinajstić information content (AvgIpc) is 2.86. The molecule has 0 saturated heterocycles. The lowest BCUT2D eigenvalue weighted by Crippen LogP contribution is -2.30. The van der Waals surface area contributed by atoms with Crippen LogP contribution >= 0.6 is 0 Å². The summed E-state index contributed by atoms with van der Waals surface area (Å²) in [4.78, 5) is 2.58. The van der Waals surface area contributed by atoms with Gasteiger partial charge in [-0.2, -0.15) is 0 Å². The van der Waals surface area contributed by atoms with Gasteiger partial charge in [-0.3, -0.25) is 0 Å². The molecule has 0 spiro atoms. The summed E-state index contributed by atoms with van der Waals surface area (Å²) < 4.78 is 0. The molecule has 1 aliphatic rings. The van der Waals surface area contributed by atoms with Gasteiger partial charge < -0.3 is 4.90 Å². The van der Waals surface area contributed by atoms with Crippen molar-refractivity contribution in [2.45, 2.75) is 65.5 Å². The fourth-order valence-corrected chi connectivity index (χ4v) is 2.74. The smallest absolute Gasteiger partial charge is 0.0158 e. The van der Waals surface area contributed by atoms with Gasteiger partial charge in [0.25, 0.3) is 0 Å². The third kappa shape index (κ3) is 2.50. The van der Waals surface area contributed by atoms with Gasteiger partial charge in [-0.15, -0.1) is 0 Å². The van der Waals surface area contributed by atoms with Crippen LogP contribution in [0.2, 0.25) is 0 Å². The van der Waals surface area contributed by atoms with E-state index >= 15 is 0 Å². The highest BCUT2D eigenvalue weighted by Crippen LogP contribution is 2.48. The lowest BCUT2D eigenvalue weighted by Gasteiger charge is -2.21. The van der Waals surface area contributed by atoms with Crippen molar-refractivity contribution in [1.29, 1.82) is 0 Å². The van der Waals surface area contributed by atoms with Crippen LogP contribution in [0.5, 0.6) is 0 Å². The molecule has 1 nitrogen and oxygen atoms in total. The van der Waals surface area contributed by atoms with Gasteiger partial charge in [0.1, 0.15) is 0 Å². The van der Waals surface area contributed by atoms with E-state index in [4.69, 9.17) is 0 Å². The average molecular weight is 197 g/mol. The first-order chi connectivity index (χ1) is 6.63. The lowest BCUT2D eigenvalue weighted by molar-refractivity contribution is 0.241. The van der Waals surface area contributed by atoms with Crippen LogP contribution in [0, 0.1) is 11.8 Å². The van der Waals surface area contributed by atoms with E-state index in [2.05, 4.69) is 39.6 Å². The molecule has 1 aliphatic carbocycles. The predicted molar refractivity (Wildman–Crippen MR) is 63.5 cm³/mol. The summed E-state index contributed by atoms with van der Waals surface area (Å²) in [7, 11) is 2.30. The summed E-state index contributed by atoms with van der Waals surface area (Å²) in [6.45, 7) is 9.26. The van der Waals surface area contributed by atoms with E-state index in [-0.39, 0.29) is 0 Å². The number of unbranched alkanes of at least 4 members (excludes halogenated alkanes) is 1. The molecule has 1 heteroatoms. The van der Waals surface area contributed by atoms with Gasteiger partial charge >= 0.3 is 0 Å². The first-order valence-electron chi connectivity index (χ1n) is 6.35. The Morgan fingerprint density at radius 2 is 1.79 bits per heavy atom. The predicted octanol–water partition coefficient (Wildman–Crippen LogP) is 3.54. The first-order valence-corrected chi connectivity index (χ1v) is 6.35. The standard InChI is InChI=1S/C13H27N/c1-6-8-9-12-11(7-2)13(12)14(5)10(3)4/h10-13H,6-9H2,1-5H3. The minimum Gasteiger partial charge on any atom is -0.300 e. The zero-order chi connectivity index (χ0) is 10.7. The van der Waals surface area contributed by atoms with E-state index in [9.17, 15) is 0 Å². The van der Waals surface area contributed by atoms with Crippen molar-refractivity contribution in [3.8, 4) is 0 Å². The molecule has 0 aromatic carbocycles. The van der Waals surface area contributed by atoms with Crippen LogP contribution in [0.1, 0.15) is 53.4 Å². The molecule has 0 bridgehead atoms. The van der Waals surface area contributed by atoms with Crippen molar-refractivity contribution in [2.75, 3.05) is 7.05 Å². The van der Waals surface area contributed by atoms with E-state index < -0.39 is 0 Å². The molecular weight excluding hydrogens is 170 g/mol. The molecule has 0 heterocycles. The van der Waals surface area contributed by atoms with Crippen molar-refractivity contribution in [3.05, 3.63) is 0 Å².